The van der Waals surface area contributed by atoms with Gasteiger partial charge in [-0.3, -0.25) is 4.79 Å². The van der Waals surface area contributed by atoms with Crippen molar-refractivity contribution in [3.05, 3.63) is 24.0 Å². The van der Waals surface area contributed by atoms with Crippen LogP contribution in [-0.4, -0.2) is 36.1 Å². The molecule has 26 heavy (non-hydrogen) atoms. The number of amides is 1. The van der Waals surface area contributed by atoms with E-state index in [0.717, 1.165) is 61.1 Å². The van der Waals surface area contributed by atoms with Crippen LogP contribution in [0.4, 0.5) is 11.6 Å². The van der Waals surface area contributed by atoms with Crippen LogP contribution < -0.4 is 10.6 Å². The van der Waals surface area contributed by atoms with E-state index in [1.807, 2.05) is 13.1 Å². The number of nitrogens with zero attached hydrogens (tertiary/aromatic N) is 2. The topological polar surface area (TPSA) is 76.1 Å². The van der Waals surface area contributed by atoms with Gasteiger partial charge in [-0.25, -0.2) is 9.97 Å². The summed E-state index contributed by atoms with van der Waals surface area (Å²) >= 11 is 0. The normalized spacial score (nSPS) is 17.4. The van der Waals surface area contributed by atoms with Crippen molar-refractivity contribution in [3.8, 4) is 11.8 Å². The smallest absolute Gasteiger partial charge is 0.228 e. The van der Waals surface area contributed by atoms with Crippen molar-refractivity contribution in [2.45, 2.75) is 25.7 Å². The van der Waals surface area contributed by atoms with Crippen LogP contribution in [0.5, 0.6) is 0 Å². The molecule has 0 aromatic carbocycles. The number of hydrogen-bond acceptors (Lipinski definition) is 5. The van der Waals surface area contributed by atoms with Crippen LogP contribution in [0.25, 0.3) is 10.8 Å². The lowest BCUT2D eigenvalue weighted by Crippen LogP contribution is -2.14. The van der Waals surface area contributed by atoms with Gasteiger partial charge in [0.05, 0.1) is 5.56 Å². The molecule has 1 aliphatic heterocycles. The molecule has 0 bridgehead atoms. The fraction of sp³-hybridized carbons (Fsp3) is 0.450. The van der Waals surface area contributed by atoms with Crippen LogP contribution in [0.3, 0.4) is 0 Å². The third kappa shape index (κ3) is 3.63. The van der Waals surface area contributed by atoms with Gasteiger partial charge in [-0.2, -0.15) is 0 Å². The standard InChI is InChI=1S/C20H22N4O2/c1-21-19-17-12-22-18(24-20(25)14-4-5-14)10-16(17)15(11-23-19)3-2-13-6-8-26-9-7-13/h10-14H,4-9H2,1H3,(H,21,23)(H,22,24,25). The Kier molecular flexibility index (Phi) is 4.72. The first-order valence-corrected chi connectivity index (χ1v) is 9.11. The summed E-state index contributed by atoms with van der Waals surface area (Å²) in [6.07, 6.45) is 7.40. The number of pyridine rings is 2. The molecule has 1 amide bonds. The van der Waals surface area contributed by atoms with Crippen LogP contribution in [0, 0.1) is 23.7 Å². The summed E-state index contributed by atoms with van der Waals surface area (Å²) in [6, 6.07) is 1.89. The molecule has 2 N–H and O–H groups in total. The molecule has 2 aromatic rings. The molecule has 0 unspecified atom stereocenters. The van der Waals surface area contributed by atoms with Crippen molar-refractivity contribution in [2.24, 2.45) is 11.8 Å². The van der Waals surface area contributed by atoms with Gasteiger partial charge < -0.3 is 15.4 Å². The van der Waals surface area contributed by atoms with Crippen LogP contribution in [-0.2, 0) is 9.53 Å². The van der Waals surface area contributed by atoms with Gasteiger partial charge in [0.1, 0.15) is 11.6 Å². The molecular weight excluding hydrogens is 328 g/mol. The first kappa shape index (κ1) is 16.8. The molecule has 2 aliphatic rings. The fourth-order valence-corrected chi connectivity index (χ4v) is 3.10. The fourth-order valence-electron chi connectivity index (χ4n) is 3.10. The molecule has 0 atom stereocenters. The zero-order chi connectivity index (χ0) is 17.9. The highest BCUT2D eigenvalue weighted by Gasteiger charge is 2.29. The molecule has 4 rings (SSSR count). The average molecular weight is 350 g/mol. The van der Waals surface area contributed by atoms with Gasteiger partial charge in [-0.15, -0.1) is 0 Å². The minimum Gasteiger partial charge on any atom is -0.381 e. The van der Waals surface area contributed by atoms with Gasteiger partial charge >= 0.3 is 0 Å². The molecule has 134 valence electrons. The summed E-state index contributed by atoms with van der Waals surface area (Å²) in [5, 5.41) is 7.85. The number of aromatic nitrogens is 2. The number of carbonyl (C=O) groups excluding carboxylic acids is 1. The summed E-state index contributed by atoms with van der Waals surface area (Å²) in [6.45, 7) is 1.55. The second kappa shape index (κ2) is 7.30. The Bertz CT molecular complexity index is 890. The molecule has 0 radical (unpaired) electrons. The summed E-state index contributed by atoms with van der Waals surface area (Å²) in [5.74, 6) is 8.52. The minimum absolute atomic E-state index is 0.0505. The third-order valence-corrected chi connectivity index (χ3v) is 4.84. The van der Waals surface area contributed by atoms with Crippen molar-refractivity contribution < 1.29 is 9.53 Å². The van der Waals surface area contributed by atoms with Crippen molar-refractivity contribution in [2.75, 3.05) is 30.9 Å². The molecule has 1 aliphatic carbocycles. The number of ether oxygens (including phenoxy) is 1. The Morgan fingerprint density at radius 3 is 2.69 bits per heavy atom. The molecular formula is C20H22N4O2. The molecule has 0 spiro atoms. The van der Waals surface area contributed by atoms with Crippen LogP contribution in [0.2, 0.25) is 0 Å². The predicted molar refractivity (Wildman–Crippen MR) is 101 cm³/mol. The highest BCUT2D eigenvalue weighted by Crippen LogP contribution is 2.31. The maximum Gasteiger partial charge on any atom is 0.228 e. The summed E-state index contributed by atoms with van der Waals surface area (Å²) in [5.41, 5.74) is 0.856. The van der Waals surface area contributed by atoms with E-state index in [1.54, 1.807) is 12.4 Å². The molecule has 1 saturated carbocycles. The van der Waals surface area contributed by atoms with E-state index in [-0.39, 0.29) is 11.8 Å². The number of carbonyl (C=O) groups is 1. The number of anilines is 2. The predicted octanol–water partition coefficient (Wildman–Crippen LogP) is 2.80. The Labute approximate surface area is 152 Å². The lowest BCUT2D eigenvalue weighted by atomic mass is 10.00. The largest absolute Gasteiger partial charge is 0.381 e. The maximum atomic E-state index is 12.0. The van der Waals surface area contributed by atoms with E-state index in [1.165, 1.54) is 0 Å². The quantitative estimate of drug-likeness (QED) is 0.833. The number of nitrogens with one attached hydrogen (secondary N) is 2. The van der Waals surface area contributed by atoms with E-state index < -0.39 is 0 Å². The summed E-state index contributed by atoms with van der Waals surface area (Å²) in [7, 11) is 1.83. The Hall–Kier alpha value is -2.65. The Morgan fingerprint density at radius 1 is 1.15 bits per heavy atom. The van der Waals surface area contributed by atoms with Gasteiger partial charge in [-0.1, -0.05) is 11.8 Å². The van der Waals surface area contributed by atoms with Crippen molar-refractivity contribution >= 4 is 28.3 Å². The molecule has 2 fully saturated rings. The zero-order valence-electron chi connectivity index (χ0n) is 14.8. The highest BCUT2D eigenvalue weighted by atomic mass is 16.5. The van der Waals surface area contributed by atoms with Gasteiger partial charge in [0, 0.05) is 55.3 Å². The SMILES string of the molecule is CNc1ncc(C#CC2CCOCC2)c2cc(NC(=O)C3CC3)ncc12. The monoisotopic (exact) mass is 350 g/mol. The second-order valence-corrected chi connectivity index (χ2v) is 6.81. The number of fused-ring (bicyclic) bond motifs is 1. The minimum atomic E-state index is 0.0505. The van der Waals surface area contributed by atoms with Crippen LogP contribution >= 0.6 is 0 Å². The average Bonchev–Trinajstić information content (AvgIpc) is 3.52. The van der Waals surface area contributed by atoms with Gasteiger partial charge in [0.25, 0.3) is 0 Å². The van der Waals surface area contributed by atoms with E-state index in [2.05, 4.69) is 32.4 Å². The molecule has 1 saturated heterocycles. The molecule has 6 nitrogen and oxygen atoms in total. The third-order valence-electron chi connectivity index (χ3n) is 4.84. The number of hydrogen-bond donors (Lipinski definition) is 2. The van der Waals surface area contributed by atoms with Crippen molar-refractivity contribution in [3.63, 3.8) is 0 Å². The first-order chi connectivity index (χ1) is 12.7. The van der Waals surface area contributed by atoms with Gasteiger partial charge in [-0.05, 0) is 31.7 Å². The Morgan fingerprint density at radius 2 is 1.96 bits per heavy atom. The first-order valence-electron chi connectivity index (χ1n) is 9.11. The van der Waals surface area contributed by atoms with Crippen LogP contribution in [0.15, 0.2) is 18.5 Å². The lowest BCUT2D eigenvalue weighted by molar-refractivity contribution is -0.117. The molecule has 3 heterocycles. The van der Waals surface area contributed by atoms with E-state index in [9.17, 15) is 4.79 Å². The molecule has 6 heteroatoms. The Balaban J connectivity index is 1.68. The summed E-state index contributed by atoms with van der Waals surface area (Å²) in [4.78, 5) is 20.9. The highest BCUT2D eigenvalue weighted by molar-refractivity contribution is 5.99. The second-order valence-electron chi connectivity index (χ2n) is 6.81. The van der Waals surface area contributed by atoms with E-state index >= 15 is 0 Å². The van der Waals surface area contributed by atoms with E-state index in [4.69, 9.17) is 4.74 Å². The van der Waals surface area contributed by atoms with Crippen molar-refractivity contribution in [1.29, 1.82) is 0 Å². The van der Waals surface area contributed by atoms with Gasteiger partial charge in [0.15, 0.2) is 0 Å². The molecule has 2 aromatic heterocycles. The van der Waals surface area contributed by atoms with Gasteiger partial charge in [0.2, 0.25) is 5.91 Å². The van der Waals surface area contributed by atoms with E-state index in [0.29, 0.717) is 11.7 Å². The summed E-state index contributed by atoms with van der Waals surface area (Å²) < 4.78 is 5.39. The number of rotatable bonds is 3. The maximum absolute atomic E-state index is 12.0. The lowest BCUT2D eigenvalue weighted by Gasteiger charge is -2.16. The van der Waals surface area contributed by atoms with Crippen LogP contribution in [0.1, 0.15) is 31.2 Å². The zero-order valence-corrected chi connectivity index (χ0v) is 14.8. The van der Waals surface area contributed by atoms with Crippen molar-refractivity contribution in [1.82, 2.24) is 9.97 Å².